The van der Waals surface area contributed by atoms with E-state index in [2.05, 4.69) is 12.6 Å². The third-order valence-corrected chi connectivity index (χ3v) is 2.31. The van der Waals surface area contributed by atoms with E-state index in [1.807, 2.05) is 6.92 Å². The second-order valence-corrected chi connectivity index (χ2v) is 3.31. The van der Waals surface area contributed by atoms with Crippen LogP contribution in [0.3, 0.4) is 0 Å². The van der Waals surface area contributed by atoms with Crippen molar-refractivity contribution < 1.29 is 9.90 Å². The third kappa shape index (κ3) is 1.73. The maximum atomic E-state index is 10.6. The lowest BCUT2D eigenvalue weighted by Crippen LogP contribution is -1.98. The molecule has 64 valence electrons. The first-order valence-corrected chi connectivity index (χ1v) is 4.07. The quantitative estimate of drug-likeness (QED) is 0.687. The normalized spacial score (nSPS) is 9.92. The van der Waals surface area contributed by atoms with E-state index >= 15 is 0 Å². The van der Waals surface area contributed by atoms with Gasteiger partial charge in [-0.25, -0.2) is 4.79 Å². The molecule has 0 aliphatic carbocycles. The van der Waals surface area contributed by atoms with Crippen molar-refractivity contribution in [1.82, 2.24) is 0 Å². The Morgan fingerprint density at radius 2 is 2.17 bits per heavy atom. The molecule has 1 aromatic rings. The van der Waals surface area contributed by atoms with Crippen molar-refractivity contribution in [2.75, 3.05) is 0 Å². The van der Waals surface area contributed by atoms with Crippen LogP contribution in [-0.2, 0) is 0 Å². The molecule has 0 heterocycles. The van der Waals surface area contributed by atoms with Gasteiger partial charge in [0.1, 0.15) is 0 Å². The van der Waals surface area contributed by atoms with Crippen molar-refractivity contribution >= 4 is 30.2 Å². The van der Waals surface area contributed by atoms with Gasteiger partial charge in [0.15, 0.2) is 0 Å². The summed E-state index contributed by atoms with van der Waals surface area (Å²) in [6.45, 7) is 1.82. The number of carboxylic acid groups (broad SMARTS) is 1. The van der Waals surface area contributed by atoms with Gasteiger partial charge in [-0.2, -0.15) is 0 Å². The van der Waals surface area contributed by atoms with Gasteiger partial charge < -0.3 is 5.11 Å². The summed E-state index contributed by atoms with van der Waals surface area (Å²) in [7, 11) is 0. The minimum atomic E-state index is -1.03. The number of carbonyl (C=O) groups is 1. The Hall–Kier alpha value is -0.670. The summed E-state index contributed by atoms with van der Waals surface area (Å²) in [6.07, 6.45) is 0. The van der Waals surface area contributed by atoms with Gasteiger partial charge in [0.25, 0.3) is 0 Å². The van der Waals surface area contributed by atoms with Crippen LogP contribution in [0.25, 0.3) is 0 Å². The second-order valence-electron chi connectivity index (χ2n) is 2.42. The lowest BCUT2D eigenvalue weighted by molar-refractivity contribution is 0.0697. The Balaban J connectivity index is 3.33. The predicted molar refractivity (Wildman–Crippen MR) is 50.4 cm³/mol. The molecular formula is C8H7ClO2S. The number of thiol groups is 1. The topological polar surface area (TPSA) is 37.3 Å². The van der Waals surface area contributed by atoms with Gasteiger partial charge in [0.05, 0.1) is 10.6 Å². The number of rotatable bonds is 1. The lowest BCUT2D eigenvalue weighted by Gasteiger charge is -2.02. The highest BCUT2D eigenvalue weighted by atomic mass is 35.5. The molecule has 2 nitrogen and oxygen atoms in total. The molecule has 0 amide bonds. The first-order chi connectivity index (χ1) is 5.52. The Morgan fingerprint density at radius 1 is 1.58 bits per heavy atom. The van der Waals surface area contributed by atoms with Gasteiger partial charge in [-0.05, 0) is 24.6 Å². The zero-order chi connectivity index (χ0) is 9.30. The Kier molecular flexibility index (Phi) is 2.65. The Labute approximate surface area is 80.6 Å². The van der Waals surface area contributed by atoms with Crippen molar-refractivity contribution in [1.29, 1.82) is 0 Å². The zero-order valence-corrected chi connectivity index (χ0v) is 7.99. The number of halogens is 1. The van der Waals surface area contributed by atoms with Crippen LogP contribution in [0.2, 0.25) is 5.02 Å². The monoisotopic (exact) mass is 202 g/mol. The third-order valence-electron chi connectivity index (χ3n) is 1.52. The number of hydrogen-bond donors (Lipinski definition) is 2. The molecule has 1 aromatic carbocycles. The molecule has 1 N–H and O–H groups in total. The van der Waals surface area contributed by atoms with E-state index in [0.29, 0.717) is 4.90 Å². The molecule has 0 aliphatic rings. The van der Waals surface area contributed by atoms with Crippen LogP contribution in [0.5, 0.6) is 0 Å². The van der Waals surface area contributed by atoms with Crippen molar-refractivity contribution in [3.05, 3.63) is 28.3 Å². The van der Waals surface area contributed by atoms with E-state index in [1.54, 1.807) is 6.07 Å². The van der Waals surface area contributed by atoms with Crippen molar-refractivity contribution in [3.8, 4) is 0 Å². The van der Waals surface area contributed by atoms with Crippen molar-refractivity contribution in [2.24, 2.45) is 0 Å². The molecule has 0 fully saturated rings. The second kappa shape index (κ2) is 3.37. The maximum Gasteiger partial charge on any atom is 0.337 e. The van der Waals surface area contributed by atoms with Crippen LogP contribution in [0.4, 0.5) is 0 Å². The van der Waals surface area contributed by atoms with Crippen molar-refractivity contribution in [2.45, 2.75) is 11.8 Å². The fraction of sp³-hybridized carbons (Fsp3) is 0.125. The van der Waals surface area contributed by atoms with Crippen molar-refractivity contribution in [3.63, 3.8) is 0 Å². The standard InChI is InChI=1S/C8H7ClO2S/c1-4-2-6(9)5(8(10)11)3-7(4)12/h2-3,12H,1H3,(H,10,11). The molecule has 4 heteroatoms. The van der Waals surface area contributed by atoms with Crippen LogP contribution < -0.4 is 0 Å². The molecule has 0 aliphatic heterocycles. The van der Waals surface area contributed by atoms with E-state index in [0.717, 1.165) is 5.56 Å². The summed E-state index contributed by atoms with van der Waals surface area (Å²) in [5.41, 5.74) is 0.959. The average molecular weight is 203 g/mol. The van der Waals surface area contributed by atoms with E-state index in [4.69, 9.17) is 16.7 Å². The average Bonchev–Trinajstić information content (AvgIpc) is 1.96. The highest BCUT2D eigenvalue weighted by Crippen LogP contribution is 2.23. The SMILES string of the molecule is Cc1cc(Cl)c(C(=O)O)cc1S. The summed E-state index contributed by atoms with van der Waals surface area (Å²) in [4.78, 5) is 11.2. The molecule has 0 unspecified atom stereocenters. The molecule has 0 spiro atoms. The molecule has 0 atom stereocenters. The largest absolute Gasteiger partial charge is 0.478 e. The van der Waals surface area contributed by atoms with Gasteiger partial charge in [-0.1, -0.05) is 11.6 Å². The zero-order valence-electron chi connectivity index (χ0n) is 6.34. The molecule has 0 saturated carbocycles. The predicted octanol–water partition coefficient (Wildman–Crippen LogP) is 2.64. The van der Waals surface area contributed by atoms with Crippen LogP contribution in [-0.4, -0.2) is 11.1 Å². The highest BCUT2D eigenvalue weighted by Gasteiger charge is 2.09. The first kappa shape index (κ1) is 9.42. The fourth-order valence-corrected chi connectivity index (χ4v) is 1.32. The van der Waals surface area contributed by atoms with Gasteiger partial charge >= 0.3 is 5.97 Å². The van der Waals surface area contributed by atoms with Gasteiger partial charge in [-0.15, -0.1) is 12.6 Å². The maximum absolute atomic E-state index is 10.6. The smallest absolute Gasteiger partial charge is 0.337 e. The molecule has 0 saturated heterocycles. The van der Waals surface area contributed by atoms with E-state index < -0.39 is 5.97 Å². The highest BCUT2D eigenvalue weighted by molar-refractivity contribution is 7.80. The molecular weight excluding hydrogens is 196 g/mol. The van der Waals surface area contributed by atoms with E-state index in [9.17, 15) is 4.79 Å². The minimum Gasteiger partial charge on any atom is -0.478 e. The number of aryl methyl sites for hydroxylation is 1. The molecule has 12 heavy (non-hydrogen) atoms. The minimum absolute atomic E-state index is 0.0901. The Bertz CT molecular complexity index is 336. The van der Waals surface area contributed by atoms with Gasteiger partial charge in [0.2, 0.25) is 0 Å². The summed E-state index contributed by atoms with van der Waals surface area (Å²) in [5, 5.41) is 8.91. The number of aromatic carboxylic acids is 1. The Morgan fingerprint density at radius 3 is 2.67 bits per heavy atom. The lowest BCUT2D eigenvalue weighted by atomic mass is 10.1. The number of carboxylic acids is 1. The van der Waals surface area contributed by atoms with Crippen LogP contribution >= 0.6 is 24.2 Å². The van der Waals surface area contributed by atoms with Gasteiger partial charge in [0, 0.05) is 4.90 Å². The fourth-order valence-electron chi connectivity index (χ4n) is 0.825. The van der Waals surface area contributed by atoms with Crippen LogP contribution in [0.15, 0.2) is 17.0 Å². The van der Waals surface area contributed by atoms with Crippen LogP contribution in [0, 0.1) is 6.92 Å². The summed E-state index contributed by atoms with van der Waals surface area (Å²) in [5.74, 6) is -1.03. The summed E-state index contributed by atoms with van der Waals surface area (Å²) < 4.78 is 0. The first-order valence-electron chi connectivity index (χ1n) is 3.25. The molecule has 0 aromatic heterocycles. The van der Waals surface area contributed by atoms with E-state index in [1.165, 1.54) is 6.07 Å². The number of hydrogen-bond acceptors (Lipinski definition) is 2. The summed E-state index contributed by atoms with van der Waals surface area (Å²) >= 11 is 9.77. The van der Waals surface area contributed by atoms with E-state index in [-0.39, 0.29) is 10.6 Å². The van der Waals surface area contributed by atoms with Gasteiger partial charge in [-0.3, -0.25) is 0 Å². The number of benzene rings is 1. The molecule has 1 rings (SSSR count). The molecule has 0 radical (unpaired) electrons. The molecule has 0 bridgehead atoms. The van der Waals surface area contributed by atoms with Crippen LogP contribution in [0.1, 0.15) is 15.9 Å². The summed E-state index contributed by atoms with van der Waals surface area (Å²) in [6, 6.07) is 3.04.